The monoisotopic (exact) mass is 465 g/mol. The van der Waals surface area contributed by atoms with Crippen LogP contribution in [-0.2, 0) is 11.7 Å². The highest BCUT2D eigenvalue weighted by Crippen LogP contribution is 2.47. The van der Waals surface area contributed by atoms with Crippen molar-refractivity contribution in [2.75, 3.05) is 25.5 Å². The van der Waals surface area contributed by atoms with Crippen molar-refractivity contribution in [1.82, 2.24) is 20.0 Å². The summed E-state index contributed by atoms with van der Waals surface area (Å²) in [6, 6.07) is 7.10. The summed E-state index contributed by atoms with van der Waals surface area (Å²) < 4.78 is 55.3. The topological polar surface area (TPSA) is 53.4 Å². The highest BCUT2D eigenvalue weighted by atomic mass is 19.4. The van der Waals surface area contributed by atoms with E-state index in [1.807, 2.05) is 20.2 Å². The molecule has 1 aliphatic heterocycles. The van der Waals surface area contributed by atoms with Crippen LogP contribution in [0.2, 0.25) is 0 Å². The minimum atomic E-state index is -4.57. The van der Waals surface area contributed by atoms with E-state index in [-0.39, 0.29) is 29.8 Å². The van der Waals surface area contributed by atoms with E-state index < -0.39 is 23.4 Å². The van der Waals surface area contributed by atoms with Gasteiger partial charge in [0.15, 0.2) is 5.69 Å². The molecule has 178 valence electrons. The zero-order valence-corrected chi connectivity index (χ0v) is 18.6. The molecular weight excluding hydrogens is 438 g/mol. The number of halogens is 4. The molecule has 3 fully saturated rings. The molecule has 6 nitrogen and oxygen atoms in total. The lowest BCUT2D eigenvalue weighted by Crippen LogP contribution is -2.54. The Morgan fingerprint density at radius 3 is 2.39 bits per heavy atom. The van der Waals surface area contributed by atoms with E-state index in [1.165, 1.54) is 15.6 Å². The van der Waals surface area contributed by atoms with E-state index in [4.69, 9.17) is 0 Å². The molecule has 2 saturated carbocycles. The molecule has 2 amide bonds. The molecule has 0 radical (unpaired) electrons. The van der Waals surface area contributed by atoms with Crippen LogP contribution in [0.1, 0.15) is 55.8 Å². The Balaban J connectivity index is 1.40. The molecule has 0 bridgehead atoms. The number of rotatable bonds is 4. The van der Waals surface area contributed by atoms with E-state index in [1.54, 1.807) is 12.1 Å². The number of hydrogen-bond acceptors (Lipinski definition) is 3. The quantitative estimate of drug-likeness (QED) is 0.668. The van der Waals surface area contributed by atoms with Gasteiger partial charge in [-0.3, -0.25) is 9.80 Å². The second-order valence-corrected chi connectivity index (χ2v) is 9.79. The van der Waals surface area contributed by atoms with Crippen LogP contribution in [0.5, 0.6) is 0 Å². The van der Waals surface area contributed by atoms with E-state index in [0.717, 1.165) is 24.5 Å². The molecule has 1 aromatic carbocycles. The van der Waals surface area contributed by atoms with Gasteiger partial charge in [0.2, 0.25) is 0 Å². The third-order valence-electron chi connectivity index (χ3n) is 7.51. The Morgan fingerprint density at radius 1 is 1.12 bits per heavy atom. The van der Waals surface area contributed by atoms with Gasteiger partial charge in [-0.15, -0.1) is 0 Å². The first-order chi connectivity index (χ1) is 15.5. The predicted octanol–water partition coefficient (Wildman–Crippen LogP) is 4.68. The third-order valence-corrected chi connectivity index (χ3v) is 7.51. The first-order valence-electron chi connectivity index (χ1n) is 11.2. The maximum atomic E-state index is 14.0. The Morgan fingerprint density at radius 2 is 1.82 bits per heavy atom. The lowest BCUT2D eigenvalue weighted by molar-refractivity contribution is -0.141. The van der Waals surface area contributed by atoms with E-state index >= 15 is 0 Å². The minimum absolute atomic E-state index is 0.0961. The van der Waals surface area contributed by atoms with Crippen LogP contribution in [0.3, 0.4) is 0 Å². The summed E-state index contributed by atoms with van der Waals surface area (Å²) in [5.41, 5.74) is -0.990. The molecule has 0 atom stereocenters. The molecule has 2 aliphatic carbocycles. The van der Waals surface area contributed by atoms with Gasteiger partial charge in [-0.1, -0.05) is 12.1 Å². The number of benzene rings is 1. The molecule has 1 aromatic heterocycles. The van der Waals surface area contributed by atoms with Gasteiger partial charge >= 0.3 is 12.2 Å². The summed E-state index contributed by atoms with van der Waals surface area (Å²) in [6.45, 7) is 0.286. The number of urea groups is 1. The highest BCUT2D eigenvalue weighted by molar-refractivity contribution is 5.94. The number of nitrogens with zero attached hydrogens (tertiary/aromatic N) is 4. The second kappa shape index (κ2) is 7.44. The minimum Gasteiger partial charge on any atom is -0.330 e. The van der Waals surface area contributed by atoms with Crippen molar-refractivity contribution in [2.24, 2.45) is 0 Å². The van der Waals surface area contributed by atoms with Crippen molar-refractivity contribution in [3.63, 3.8) is 0 Å². The largest absolute Gasteiger partial charge is 0.435 e. The van der Waals surface area contributed by atoms with Crippen molar-refractivity contribution in [1.29, 1.82) is 0 Å². The van der Waals surface area contributed by atoms with Gasteiger partial charge in [-0.2, -0.15) is 18.3 Å². The molecule has 2 heterocycles. The average Bonchev–Trinajstić information content (AvgIpc) is 3.40. The zero-order valence-electron chi connectivity index (χ0n) is 18.6. The first kappa shape index (κ1) is 22.2. The van der Waals surface area contributed by atoms with Gasteiger partial charge in [-0.25, -0.2) is 13.9 Å². The van der Waals surface area contributed by atoms with Gasteiger partial charge in [0.25, 0.3) is 0 Å². The Kier molecular flexibility index (Phi) is 5.00. The van der Waals surface area contributed by atoms with Crippen molar-refractivity contribution in [3.05, 3.63) is 47.4 Å². The van der Waals surface area contributed by atoms with Crippen LogP contribution in [0.25, 0.3) is 0 Å². The smallest absolute Gasteiger partial charge is 0.330 e. The van der Waals surface area contributed by atoms with Crippen LogP contribution in [-0.4, -0.2) is 46.9 Å². The molecule has 0 unspecified atom stereocenters. The Hall–Kier alpha value is -2.62. The van der Waals surface area contributed by atoms with Crippen LogP contribution in [0.4, 0.5) is 28.2 Å². The molecule has 5 rings (SSSR count). The number of alkyl halides is 3. The number of hydrogen-bond donors (Lipinski definition) is 1. The fourth-order valence-electron chi connectivity index (χ4n) is 5.40. The predicted molar refractivity (Wildman–Crippen MR) is 114 cm³/mol. The summed E-state index contributed by atoms with van der Waals surface area (Å²) in [5.74, 6) is -0.0862. The normalized spacial score (nSPS) is 28.1. The molecule has 10 heteroatoms. The molecule has 1 saturated heterocycles. The molecule has 1 N–H and O–H groups in total. The number of carbonyl (C=O) groups excluding carboxylic acids is 1. The molecule has 3 aliphatic rings. The van der Waals surface area contributed by atoms with E-state index in [9.17, 15) is 22.4 Å². The van der Waals surface area contributed by atoms with Crippen LogP contribution in [0, 0.1) is 5.82 Å². The SMILES string of the molecule is CN(C)C1(c2cccc(F)c2)CCC2(CC1)CN(c1cc(C(F)(F)F)nn1C1CC1)C(=O)N2. The highest BCUT2D eigenvalue weighted by Gasteiger charge is 2.51. The van der Waals surface area contributed by atoms with Crippen LogP contribution in [0.15, 0.2) is 30.3 Å². The number of nitrogens with one attached hydrogen (secondary N) is 1. The van der Waals surface area contributed by atoms with Crippen molar-refractivity contribution < 1.29 is 22.4 Å². The second-order valence-electron chi connectivity index (χ2n) is 9.79. The maximum Gasteiger partial charge on any atom is 0.435 e. The summed E-state index contributed by atoms with van der Waals surface area (Å²) >= 11 is 0. The van der Waals surface area contributed by atoms with Gasteiger partial charge in [-0.05, 0) is 70.3 Å². The van der Waals surface area contributed by atoms with Gasteiger partial charge in [0.05, 0.1) is 18.1 Å². The first-order valence-corrected chi connectivity index (χ1v) is 11.2. The third kappa shape index (κ3) is 3.78. The summed E-state index contributed by atoms with van der Waals surface area (Å²) in [5, 5.41) is 6.84. The molecule has 33 heavy (non-hydrogen) atoms. The Bertz CT molecular complexity index is 1070. The fourth-order valence-corrected chi connectivity index (χ4v) is 5.40. The van der Waals surface area contributed by atoms with E-state index in [2.05, 4.69) is 15.3 Å². The number of aromatic nitrogens is 2. The zero-order chi connectivity index (χ0) is 23.6. The summed E-state index contributed by atoms with van der Waals surface area (Å²) in [4.78, 5) is 16.5. The molecular formula is C23H27F4N5O. The number of amides is 2. The lowest BCUT2D eigenvalue weighted by atomic mass is 9.69. The standard InChI is InChI=1S/C23H27F4N5O/c1-30(2)22(15-4-3-5-16(24)12-15)10-8-21(9-11-22)14-31(20(33)28-21)19-13-18(23(25,26)27)29-32(19)17-6-7-17/h3-5,12-13,17H,6-11,14H2,1-2H3,(H,28,33). The van der Waals surface area contributed by atoms with Crippen molar-refractivity contribution in [2.45, 2.75) is 61.8 Å². The maximum absolute atomic E-state index is 14.0. The van der Waals surface area contributed by atoms with Gasteiger partial charge in [0.1, 0.15) is 11.6 Å². The van der Waals surface area contributed by atoms with Crippen molar-refractivity contribution >= 4 is 11.8 Å². The molecule has 1 spiro atoms. The Labute approximate surface area is 189 Å². The number of anilines is 1. The lowest BCUT2D eigenvalue weighted by Gasteiger charge is -2.48. The van der Waals surface area contributed by atoms with E-state index in [0.29, 0.717) is 25.7 Å². The summed E-state index contributed by atoms with van der Waals surface area (Å²) in [6.07, 6.45) is -0.414. The summed E-state index contributed by atoms with van der Waals surface area (Å²) in [7, 11) is 3.94. The van der Waals surface area contributed by atoms with Gasteiger partial charge in [0, 0.05) is 11.6 Å². The molecule has 2 aromatic rings. The van der Waals surface area contributed by atoms with Gasteiger partial charge < -0.3 is 5.32 Å². The fraction of sp³-hybridized carbons (Fsp3) is 0.565. The van der Waals surface area contributed by atoms with Crippen LogP contribution < -0.4 is 10.2 Å². The average molecular weight is 465 g/mol. The van der Waals surface area contributed by atoms with Crippen molar-refractivity contribution in [3.8, 4) is 0 Å². The number of carbonyl (C=O) groups is 1. The van der Waals surface area contributed by atoms with Crippen LogP contribution >= 0.6 is 0 Å².